The summed E-state index contributed by atoms with van der Waals surface area (Å²) in [5.41, 5.74) is 5.47. The second-order valence-corrected chi connectivity index (χ2v) is 20.9. The van der Waals surface area contributed by atoms with E-state index in [1.807, 2.05) is 31.9 Å². The van der Waals surface area contributed by atoms with Crippen molar-refractivity contribution in [2.75, 3.05) is 24.5 Å². The summed E-state index contributed by atoms with van der Waals surface area (Å²) in [5, 5.41) is 0.940. The van der Waals surface area contributed by atoms with Crippen LogP contribution >= 0.6 is 22.9 Å². The average molecular weight is 612 g/mol. The van der Waals surface area contributed by atoms with Crippen molar-refractivity contribution < 1.29 is 14.0 Å². The maximum absolute atomic E-state index is 12.7. The van der Waals surface area contributed by atoms with E-state index in [9.17, 15) is 4.79 Å². The van der Waals surface area contributed by atoms with E-state index in [4.69, 9.17) is 25.7 Å². The lowest BCUT2D eigenvalue weighted by Crippen LogP contribution is -2.62. The van der Waals surface area contributed by atoms with Crippen molar-refractivity contribution >= 4 is 53.3 Å². The fourth-order valence-corrected chi connectivity index (χ4v) is 8.14. The Bertz CT molecular complexity index is 1500. The fraction of sp³-hybridized carbons (Fsp3) is 0.562. The number of hydrogen-bond acceptors (Lipinski definition) is 6. The van der Waals surface area contributed by atoms with Crippen LogP contribution in [0.3, 0.4) is 0 Å². The third-order valence-electron chi connectivity index (χ3n) is 9.23. The van der Waals surface area contributed by atoms with Gasteiger partial charge in [-0.15, -0.1) is 11.3 Å². The molecular weight excluding hydrogens is 570 g/mol. The average Bonchev–Trinajstić information content (AvgIpc) is 3.48. The predicted octanol–water partition coefficient (Wildman–Crippen LogP) is 8.68. The molecule has 0 N–H and O–H groups in total. The number of thiophene rings is 1. The van der Waals surface area contributed by atoms with E-state index in [0.717, 1.165) is 17.1 Å². The van der Waals surface area contributed by atoms with Crippen LogP contribution in [0.1, 0.15) is 64.3 Å². The number of nitrogens with zero attached hydrogens (tertiary/aromatic N) is 3. The van der Waals surface area contributed by atoms with Gasteiger partial charge in [-0.3, -0.25) is 4.98 Å². The number of likely N-dealkylation sites (tertiary alicyclic amines) is 1. The highest BCUT2D eigenvalue weighted by Gasteiger charge is 2.50. The van der Waals surface area contributed by atoms with Crippen molar-refractivity contribution in [3.8, 4) is 11.1 Å². The molecule has 1 amide bonds. The lowest BCUT2D eigenvalue weighted by Gasteiger charge is -2.48. The van der Waals surface area contributed by atoms with Crippen LogP contribution in [0.4, 0.5) is 10.5 Å². The van der Waals surface area contributed by atoms with Gasteiger partial charge in [-0.1, -0.05) is 32.4 Å². The molecule has 0 radical (unpaired) electrons. The van der Waals surface area contributed by atoms with Gasteiger partial charge in [0.1, 0.15) is 5.60 Å². The molecule has 2 aliphatic heterocycles. The van der Waals surface area contributed by atoms with E-state index >= 15 is 0 Å². The number of halogens is 1. The minimum atomic E-state index is -1.87. The lowest BCUT2D eigenvalue weighted by atomic mass is 9.91. The number of carbonyl (C=O) groups is 1. The first kappa shape index (κ1) is 29.0. The maximum Gasteiger partial charge on any atom is 0.410 e. The Morgan fingerprint density at radius 1 is 1.10 bits per heavy atom. The number of fused-ring (bicyclic) bond motifs is 4. The van der Waals surface area contributed by atoms with Gasteiger partial charge in [-0.05, 0) is 87.0 Å². The third kappa shape index (κ3) is 5.53. The topological polar surface area (TPSA) is 54.9 Å². The number of ether oxygens (including phenoxy) is 1. The highest BCUT2D eigenvalue weighted by molar-refractivity contribution is 7.19. The highest BCUT2D eigenvalue weighted by Crippen LogP contribution is 2.58. The van der Waals surface area contributed by atoms with Crippen LogP contribution in [-0.2, 0) is 15.8 Å². The number of hydrogen-bond donors (Lipinski definition) is 0. The zero-order valence-corrected chi connectivity index (χ0v) is 28.1. The zero-order valence-electron chi connectivity index (χ0n) is 25.5. The van der Waals surface area contributed by atoms with E-state index in [-0.39, 0.29) is 17.2 Å². The van der Waals surface area contributed by atoms with E-state index in [2.05, 4.69) is 63.0 Å². The molecule has 2 unspecified atom stereocenters. The summed E-state index contributed by atoms with van der Waals surface area (Å²) >= 11 is 8.58. The van der Waals surface area contributed by atoms with Gasteiger partial charge in [0.25, 0.3) is 0 Å². The molecule has 9 heteroatoms. The van der Waals surface area contributed by atoms with Crippen LogP contribution in [0.25, 0.3) is 21.3 Å². The molecule has 220 valence electrons. The normalized spacial score (nSPS) is 21.0. The van der Waals surface area contributed by atoms with Crippen LogP contribution < -0.4 is 4.90 Å². The molecule has 4 heterocycles. The van der Waals surface area contributed by atoms with Crippen molar-refractivity contribution in [3.05, 3.63) is 45.9 Å². The van der Waals surface area contributed by atoms with Gasteiger partial charge in [-0.2, -0.15) is 0 Å². The Balaban J connectivity index is 1.33. The second-order valence-electron chi connectivity index (χ2n) is 14.5. The van der Waals surface area contributed by atoms with Gasteiger partial charge in [0.05, 0.1) is 22.9 Å². The number of rotatable bonds is 5. The summed E-state index contributed by atoms with van der Waals surface area (Å²) in [5.74, 6) is 1.22. The van der Waals surface area contributed by atoms with Crippen LogP contribution in [0.15, 0.2) is 30.5 Å². The first-order valence-electron chi connectivity index (χ1n) is 14.7. The van der Waals surface area contributed by atoms with Crippen molar-refractivity contribution in [1.29, 1.82) is 0 Å². The Labute approximate surface area is 254 Å². The van der Waals surface area contributed by atoms with Crippen LogP contribution in [0.5, 0.6) is 0 Å². The quantitative estimate of drug-likeness (QED) is 0.270. The molecule has 3 aromatic rings. The summed E-state index contributed by atoms with van der Waals surface area (Å²) in [6.45, 7) is 20.1. The largest absolute Gasteiger partial charge is 0.444 e. The lowest BCUT2D eigenvalue weighted by molar-refractivity contribution is 0.00798. The van der Waals surface area contributed by atoms with Crippen molar-refractivity contribution in [2.24, 2.45) is 5.92 Å². The van der Waals surface area contributed by atoms with Crippen molar-refractivity contribution in [1.82, 2.24) is 9.88 Å². The van der Waals surface area contributed by atoms with Gasteiger partial charge in [0, 0.05) is 52.5 Å². The molecule has 0 bridgehead atoms. The minimum Gasteiger partial charge on any atom is -0.444 e. The Morgan fingerprint density at radius 3 is 2.51 bits per heavy atom. The SMILES string of the molecule is CC(C)(C)OC(=O)N1CC(N2CC3CC3c3cc(Cl)cc(-c4ccnc5cc(CO[Si](C)(C)C(C)(C)C)sc45)c32)C1. The summed E-state index contributed by atoms with van der Waals surface area (Å²) in [7, 11) is -1.87. The molecule has 2 atom stereocenters. The highest BCUT2D eigenvalue weighted by atomic mass is 35.5. The number of benzene rings is 1. The van der Waals surface area contributed by atoms with Crippen molar-refractivity contribution in [3.63, 3.8) is 0 Å². The summed E-state index contributed by atoms with van der Waals surface area (Å²) in [4.78, 5) is 23.0. The van der Waals surface area contributed by atoms with Crippen LogP contribution in [-0.4, -0.2) is 55.6 Å². The monoisotopic (exact) mass is 611 g/mol. The van der Waals surface area contributed by atoms with Gasteiger partial charge in [0.15, 0.2) is 8.32 Å². The molecule has 1 saturated heterocycles. The molecule has 0 spiro atoms. The standard InChI is InChI=1S/C32H42ClN3O3SSi/c1-31(2,3)39-30(37)35-16-21(17-35)36-15-19-11-24(19)26-13-20(33)12-25(28(26)36)23-9-10-34-27-14-22(40-29(23)27)18-38-41(7,8)32(4,5)6/h9-10,12-14,19,21,24H,11,15-18H2,1-8H3. The van der Waals surface area contributed by atoms with Gasteiger partial charge >= 0.3 is 6.09 Å². The van der Waals surface area contributed by atoms with Gasteiger partial charge in [-0.25, -0.2) is 4.79 Å². The van der Waals surface area contributed by atoms with E-state index < -0.39 is 13.9 Å². The molecule has 1 aromatic carbocycles. The van der Waals surface area contributed by atoms with Gasteiger partial charge in [0.2, 0.25) is 0 Å². The van der Waals surface area contributed by atoms with E-state index in [1.165, 1.54) is 38.4 Å². The van der Waals surface area contributed by atoms with Crippen LogP contribution in [0, 0.1) is 5.92 Å². The molecular formula is C32H42ClN3O3SSi. The predicted molar refractivity (Wildman–Crippen MR) is 172 cm³/mol. The molecule has 1 saturated carbocycles. The summed E-state index contributed by atoms with van der Waals surface area (Å²) in [6, 6.07) is 8.88. The molecule has 41 heavy (non-hydrogen) atoms. The van der Waals surface area contributed by atoms with Crippen molar-refractivity contribution in [2.45, 2.75) is 90.3 Å². The minimum absolute atomic E-state index is 0.164. The van der Waals surface area contributed by atoms with Gasteiger partial charge < -0.3 is 19.0 Å². The zero-order chi connectivity index (χ0) is 29.5. The molecule has 6 nitrogen and oxygen atoms in total. The number of anilines is 1. The molecule has 2 aromatic heterocycles. The Morgan fingerprint density at radius 2 is 1.83 bits per heavy atom. The maximum atomic E-state index is 12.7. The molecule has 3 aliphatic rings. The van der Waals surface area contributed by atoms with Crippen LogP contribution in [0.2, 0.25) is 23.2 Å². The number of amides is 1. The number of pyridine rings is 1. The molecule has 6 rings (SSSR count). The second kappa shape index (κ2) is 9.96. The first-order valence-corrected chi connectivity index (χ1v) is 18.8. The summed E-state index contributed by atoms with van der Waals surface area (Å²) in [6.07, 6.45) is 2.89. The van der Waals surface area contributed by atoms with E-state index in [1.54, 1.807) is 11.3 Å². The Kier molecular flexibility index (Phi) is 7.04. The smallest absolute Gasteiger partial charge is 0.410 e. The molecule has 1 aliphatic carbocycles. The summed E-state index contributed by atoms with van der Waals surface area (Å²) < 4.78 is 13.4. The first-order chi connectivity index (χ1) is 19.1. The number of carbonyl (C=O) groups excluding carboxylic acids is 1. The third-order valence-corrected chi connectivity index (χ3v) is 15.1. The molecule has 2 fully saturated rings. The fourth-order valence-electron chi connectivity index (χ4n) is 5.80. The Hall–Kier alpha value is -2.13. The number of aromatic nitrogens is 1. The van der Waals surface area contributed by atoms with E-state index in [0.29, 0.717) is 31.5 Å².